The fourth-order valence-electron chi connectivity index (χ4n) is 1.77. The largest absolute Gasteiger partial charge is 0.413 e. The molecule has 1 aliphatic rings. The van der Waals surface area contributed by atoms with Crippen molar-refractivity contribution in [3.8, 4) is 0 Å². The van der Waals surface area contributed by atoms with Crippen molar-refractivity contribution in [1.29, 1.82) is 0 Å². The van der Waals surface area contributed by atoms with Crippen LogP contribution in [-0.4, -0.2) is 39.0 Å². The van der Waals surface area contributed by atoms with Gasteiger partial charge in [0.05, 0.1) is 6.10 Å². The van der Waals surface area contributed by atoms with E-state index in [9.17, 15) is 0 Å². The van der Waals surface area contributed by atoms with Gasteiger partial charge in [-0.15, -0.1) is 0 Å². The van der Waals surface area contributed by atoms with Crippen molar-refractivity contribution in [2.45, 2.75) is 58.4 Å². The summed E-state index contributed by atoms with van der Waals surface area (Å²) in [5, 5.41) is 0.340. The second-order valence-electron chi connectivity index (χ2n) is 6.18. The molecule has 1 unspecified atom stereocenters. The van der Waals surface area contributed by atoms with Crippen molar-refractivity contribution in [1.82, 2.24) is 4.90 Å². The second kappa shape index (κ2) is 4.56. The van der Waals surface area contributed by atoms with Gasteiger partial charge in [0.2, 0.25) is 0 Å². The fourth-order valence-corrected chi connectivity index (χ4v) is 3.15. The Morgan fingerprint density at radius 2 is 1.93 bits per heavy atom. The maximum Gasteiger partial charge on any atom is 0.192 e. The number of hydrogen-bond acceptors (Lipinski definition) is 2. The first-order valence-corrected chi connectivity index (χ1v) is 9.07. The van der Waals surface area contributed by atoms with Crippen molar-refractivity contribution in [2.24, 2.45) is 0 Å². The van der Waals surface area contributed by atoms with E-state index >= 15 is 0 Å². The van der Waals surface area contributed by atoms with Gasteiger partial charge < -0.3 is 9.33 Å². The first-order chi connectivity index (χ1) is 6.76. The topological polar surface area (TPSA) is 12.5 Å². The van der Waals surface area contributed by atoms with Crippen LogP contribution in [0.1, 0.15) is 34.1 Å². The lowest BCUT2D eigenvalue weighted by Crippen LogP contribution is -2.44. The quantitative estimate of drug-likeness (QED) is 0.690. The molecule has 90 valence electrons. The van der Waals surface area contributed by atoms with Gasteiger partial charge in [0, 0.05) is 13.1 Å². The van der Waals surface area contributed by atoms with E-state index in [1.807, 2.05) is 0 Å². The molecule has 0 aromatic rings. The van der Waals surface area contributed by atoms with Gasteiger partial charge in [0.1, 0.15) is 0 Å². The Balaban J connectivity index is 2.49. The normalized spacial score (nSPS) is 24.8. The fraction of sp³-hybridized carbons (Fsp3) is 1.00. The van der Waals surface area contributed by atoms with E-state index in [1.54, 1.807) is 0 Å². The smallest absolute Gasteiger partial charge is 0.192 e. The van der Waals surface area contributed by atoms with E-state index < -0.39 is 8.32 Å². The average molecular weight is 229 g/mol. The second-order valence-corrected chi connectivity index (χ2v) is 10.9. The maximum absolute atomic E-state index is 6.39. The van der Waals surface area contributed by atoms with Crippen LogP contribution in [0.4, 0.5) is 0 Å². The van der Waals surface area contributed by atoms with E-state index in [1.165, 1.54) is 13.0 Å². The molecule has 0 saturated carbocycles. The summed E-state index contributed by atoms with van der Waals surface area (Å²) in [5.41, 5.74) is 0. The molecule has 1 saturated heterocycles. The van der Waals surface area contributed by atoms with Gasteiger partial charge in [-0.25, -0.2) is 0 Å². The molecular weight excluding hydrogens is 202 g/mol. The van der Waals surface area contributed by atoms with Crippen molar-refractivity contribution in [3.05, 3.63) is 0 Å². The third-order valence-corrected chi connectivity index (χ3v) is 8.48. The van der Waals surface area contributed by atoms with Crippen LogP contribution < -0.4 is 0 Å². The van der Waals surface area contributed by atoms with Crippen LogP contribution in [0.5, 0.6) is 0 Å². The van der Waals surface area contributed by atoms with Gasteiger partial charge >= 0.3 is 0 Å². The van der Waals surface area contributed by atoms with E-state index in [4.69, 9.17) is 4.43 Å². The molecule has 0 radical (unpaired) electrons. The molecule has 0 amide bonds. The Morgan fingerprint density at radius 1 is 1.33 bits per heavy atom. The molecule has 1 fully saturated rings. The van der Waals surface area contributed by atoms with Gasteiger partial charge in [0.15, 0.2) is 8.32 Å². The predicted octanol–water partition coefficient (Wildman–Crippen LogP) is 3.10. The molecule has 1 aliphatic heterocycles. The number of nitrogens with zero attached hydrogens (tertiary/aromatic N) is 1. The zero-order valence-corrected chi connectivity index (χ0v) is 12.3. The van der Waals surface area contributed by atoms with Crippen molar-refractivity contribution < 1.29 is 4.43 Å². The standard InChI is InChI=1S/C12H27NOSi/c1-7-13-9-8-11(10-13)14-15(5,6)12(2,3)4/h11H,7-10H2,1-6H3. The molecule has 1 rings (SSSR count). The van der Waals surface area contributed by atoms with Crippen LogP contribution in [-0.2, 0) is 4.43 Å². The molecule has 0 bridgehead atoms. The lowest BCUT2D eigenvalue weighted by molar-refractivity contribution is 0.183. The van der Waals surface area contributed by atoms with Crippen molar-refractivity contribution in [3.63, 3.8) is 0 Å². The highest BCUT2D eigenvalue weighted by Crippen LogP contribution is 2.38. The zero-order chi connectivity index (χ0) is 11.7. The molecule has 2 nitrogen and oxygen atoms in total. The molecular formula is C12H27NOSi. The average Bonchev–Trinajstić information content (AvgIpc) is 2.49. The van der Waals surface area contributed by atoms with E-state index in [-0.39, 0.29) is 0 Å². The van der Waals surface area contributed by atoms with Gasteiger partial charge in [-0.05, 0) is 31.1 Å². The summed E-state index contributed by atoms with van der Waals surface area (Å²) in [5.74, 6) is 0. The summed E-state index contributed by atoms with van der Waals surface area (Å²) in [6, 6.07) is 0. The number of likely N-dealkylation sites (N-methyl/N-ethyl adjacent to an activating group) is 1. The monoisotopic (exact) mass is 229 g/mol. The third-order valence-electron chi connectivity index (χ3n) is 3.94. The summed E-state index contributed by atoms with van der Waals surface area (Å²) in [4.78, 5) is 2.48. The third kappa shape index (κ3) is 3.30. The Kier molecular flexibility index (Phi) is 4.01. The first-order valence-electron chi connectivity index (χ1n) is 6.16. The van der Waals surface area contributed by atoms with Gasteiger partial charge in [-0.2, -0.15) is 0 Å². The molecule has 0 aromatic carbocycles. The van der Waals surface area contributed by atoms with E-state index in [2.05, 4.69) is 45.7 Å². The lowest BCUT2D eigenvalue weighted by atomic mass is 10.2. The Bertz CT molecular complexity index is 210. The van der Waals surface area contributed by atoms with Gasteiger partial charge in [0.25, 0.3) is 0 Å². The first kappa shape index (κ1) is 13.2. The van der Waals surface area contributed by atoms with Crippen LogP contribution in [0.15, 0.2) is 0 Å². The highest BCUT2D eigenvalue weighted by atomic mass is 28.4. The van der Waals surface area contributed by atoms with E-state index in [0.29, 0.717) is 11.1 Å². The minimum atomic E-state index is -1.54. The Morgan fingerprint density at radius 3 is 2.33 bits per heavy atom. The maximum atomic E-state index is 6.39. The summed E-state index contributed by atoms with van der Waals surface area (Å²) in [7, 11) is -1.54. The Hall–Kier alpha value is 0.137. The summed E-state index contributed by atoms with van der Waals surface area (Å²) in [6.45, 7) is 17.4. The SMILES string of the molecule is CCN1CCC(O[Si](C)(C)C(C)(C)C)C1. The minimum absolute atomic E-state index is 0.340. The van der Waals surface area contributed by atoms with Gasteiger partial charge in [-0.3, -0.25) is 0 Å². The summed E-state index contributed by atoms with van der Waals surface area (Å²) < 4.78 is 6.39. The van der Waals surface area contributed by atoms with Crippen LogP contribution >= 0.6 is 0 Å². The van der Waals surface area contributed by atoms with E-state index in [0.717, 1.165) is 13.1 Å². The minimum Gasteiger partial charge on any atom is -0.413 e. The van der Waals surface area contributed by atoms with Crippen LogP contribution in [0, 0.1) is 0 Å². The van der Waals surface area contributed by atoms with Crippen molar-refractivity contribution in [2.75, 3.05) is 19.6 Å². The zero-order valence-electron chi connectivity index (χ0n) is 11.3. The predicted molar refractivity (Wildman–Crippen MR) is 68.8 cm³/mol. The molecule has 0 aliphatic carbocycles. The highest BCUT2D eigenvalue weighted by Gasteiger charge is 2.40. The Labute approximate surface area is 96.1 Å². The number of hydrogen-bond donors (Lipinski definition) is 0. The molecule has 1 heterocycles. The molecule has 1 atom stereocenters. The lowest BCUT2D eigenvalue weighted by Gasteiger charge is -2.38. The molecule has 0 spiro atoms. The summed E-state index contributed by atoms with van der Waals surface area (Å²) in [6.07, 6.45) is 1.71. The molecule has 15 heavy (non-hydrogen) atoms. The van der Waals surface area contributed by atoms with Gasteiger partial charge in [-0.1, -0.05) is 27.7 Å². The van der Waals surface area contributed by atoms with Crippen LogP contribution in [0.3, 0.4) is 0 Å². The van der Waals surface area contributed by atoms with Crippen LogP contribution in [0.2, 0.25) is 18.1 Å². The highest BCUT2D eigenvalue weighted by molar-refractivity contribution is 6.74. The van der Waals surface area contributed by atoms with Crippen molar-refractivity contribution >= 4 is 8.32 Å². The number of rotatable bonds is 3. The summed E-state index contributed by atoms with van der Waals surface area (Å²) >= 11 is 0. The molecule has 0 aromatic heterocycles. The molecule has 0 N–H and O–H groups in total. The molecule has 3 heteroatoms. The van der Waals surface area contributed by atoms with Crippen LogP contribution in [0.25, 0.3) is 0 Å². The number of likely N-dealkylation sites (tertiary alicyclic amines) is 1.